The van der Waals surface area contributed by atoms with Crippen LogP contribution in [0.1, 0.15) is 39.4 Å². The van der Waals surface area contributed by atoms with E-state index in [-0.39, 0.29) is 11.7 Å². The number of anilines is 2. The number of amides is 1. The van der Waals surface area contributed by atoms with Crippen molar-refractivity contribution in [2.45, 2.75) is 25.8 Å². The summed E-state index contributed by atoms with van der Waals surface area (Å²) in [5.41, 5.74) is 11.1. The highest BCUT2D eigenvalue weighted by Crippen LogP contribution is 2.40. The van der Waals surface area contributed by atoms with Gasteiger partial charge in [-0.3, -0.25) is 14.3 Å². The lowest BCUT2D eigenvalue weighted by atomic mass is 9.97. The number of nitrogens with two attached hydrogens (primary N) is 1. The maximum absolute atomic E-state index is 13.2. The molecule has 2 aliphatic rings. The van der Waals surface area contributed by atoms with Gasteiger partial charge in [-0.2, -0.15) is 5.10 Å². The second kappa shape index (κ2) is 6.74. The standard InChI is InChI=1S/C22H19ClN4O2/c23-21-15(5-1-6-16(21)24)13-4-2-7-18-14(13)9-11-26(18)22(29)17-12-19-20(28)8-3-10-27(19)25-17/h1-2,4-7,12H,3,8-11,24H2. The summed E-state index contributed by atoms with van der Waals surface area (Å²) >= 11 is 6.45. The Bertz CT molecular complexity index is 1170. The van der Waals surface area contributed by atoms with Gasteiger partial charge in [0.2, 0.25) is 0 Å². The molecule has 0 atom stereocenters. The molecule has 0 saturated heterocycles. The summed E-state index contributed by atoms with van der Waals surface area (Å²) in [6.07, 6.45) is 1.99. The first-order valence-corrected chi connectivity index (χ1v) is 10.0. The normalized spacial score (nSPS) is 15.3. The highest BCUT2D eigenvalue weighted by Gasteiger charge is 2.31. The predicted octanol–water partition coefficient (Wildman–Crippen LogP) is 3.97. The number of Topliss-reactive ketones (excluding diaryl/α,β-unsaturated/α-hetero) is 1. The Kier molecular flexibility index (Phi) is 4.17. The molecule has 2 aliphatic heterocycles. The van der Waals surface area contributed by atoms with Gasteiger partial charge in [0, 0.05) is 36.8 Å². The van der Waals surface area contributed by atoms with E-state index in [9.17, 15) is 9.59 Å². The van der Waals surface area contributed by atoms with Crippen molar-refractivity contribution in [1.29, 1.82) is 0 Å². The molecule has 0 unspecified atom stereocenters. The number of benzene rings is 2. The molecule has 1 amide bonds. The zero-order valence-electron chi connectivity index (χ0n) is 15.7. The van der Waals surface area contributed by atoms with E-state index in [0.29, 0.717) is 41.6 Å². The van der Waals surface area contributed by atoms with Gasteiger partial charge in [-0.15, -0.1) is 0 Å². The number of ketones is 1. The molecule has 7 heteroatoms. The van der Waals surface area contributed by atoms with Crippen molar-refractivity contribution in [2.24, 2.45) is 0 Å². The first-order valence-electron chi connectivity index (χ1n) is 9.64. The van der Waals surface area contributed by atoms with Crippen molar-refractivity contribution in [2.75, 3.05) is 17.2 Å². The smallest absolute Gasteiger partial charge is 0.278 e. The number of aromatic nitrogens is 2. The highest BCUT2D eigenvalue weighted by atomic mass is 35.5. The molecule has 2 aromatic carbocycles. The number of nitrogen functional groups attached to an aromatic ring is 1. The van der Waals surface area contributed by atoms with Gasteiger partial charge in [-0.1, -0.05) is 35.9 Å². The van der Waals surface area contributed by atoms with Gasteiger partial charge in [-0.05, 0) is 36.1 Å². The molecule has 0 spiro atoms. The number of halogens is 1. The van der Waals surface area contributed by atoms with Gasteiger partial charge in [0.1, 0.15) is 5.69 Å². The van der Waals surface area contributed by atoms with Crippen LogP contribution in [0.25, 0.3) is 11.1 Å². The zero-order valence-corrected chi connectivity index (χ0v) is 16.4. The second-order valence-corrected chi connectivity index (χ2v) is 7.76. The van der Waals surface area contributed by atoms with Gasteiger partial charge in [0.15, 0.2) is 11.5 Å². The molecule has 0 radical (unpaired) electrons. The Morgan fingerprint density at radius 3 is 2.69 bits per heavy atom. The Hall–Kier alpha value is -3.12. The molecule has 0 aliphatic carbocycles. The third kappa shape index (κ3) is 2.83. The van der Waals surface area contributed by atoms with Crippen molar-refractivity contribution < 1.29 is 9.59 Å². The summed E-state index contributed by atoms with van der Waals surface area (Å²) in [6.45, 7) is 1.23. The number of fused-ring (bicyclic) bond motifs is 2. The van der Waals surface area contributed by atoms with E-state index in [2.05, 4.69) is 5.10 Å². The van der Waals surface area contributed by atoms with Gasteiger partial charge in [0.05, 0.1) is 10.7 Å². The SMILES string of the molecule is Nc1cccc(-c2cccc3c2CCN3C(=O)c2cc3n(n2)CCCC3=O)c1Cl. The molecule has 3 aromatic rings. The molecular weight excluding hydrogens is 388 g/mol. The van der Waals surface area contributed by atoms with Crippen LogP contribution in [0.3, 0.4) is 0 Å². The van der Waals surface area contributed by atoms with Gasteiger partial charge in [-0.25, -0.2) is 0 Å². The molecular formula is C22H19ClN4O2. The van der Waals surface area contributed by atoms with Gasteiger partial charge < -0.3 is 10.6 Å². The molecule has 6 nitrogen and oxygen atoms in total. The largest absolute Gasteiger partial charge is 0.398 e. The van der Waals surface area contributed by atoms with Crippen molar-refractivity contribution in [3.8, 4) is 11.1 Å². The van der Waals surface area contributed by atoms with Crippen LogP contribution in [0.2, 0.25) is 5.02 Å². The fourth-order valence-corrected chi connectivity index (χ4v) is 4.46. The van der Waals surface area contributed by atoms with E-state index in [4.69, 9.17) is 17.3 Å². The van der Waals surface area contributed by atoms with Crippen LogP contribution >= 0.6 is 11.6 Å². The van der Waals surface area contributed by atoms with E-state index in [1.54, 1.807) is 21.7 Å². The van der Waals surface area contributed by atoms with Crippen LogP contribution in [0.4, 0.5) is 11.4 Å². The Labute approximate surface area is 172 Å². The lowest BCUT2D eigenvalue weighted by Gasteiger charge is -2.17. The molecule has 5 rings (SSSR count). The van der Waals surface area contributed by atoms with E-state index < -0.39 is 0 Å². The van der Waals surface area contributed by atoms with Crippen molar-refractivity contribution in [3.63, 3.8) is 0 Å². The number of rotatable bonds is 2. The number of aryl methyl sites for hydroxylation is 1. The minimum atomic E-state index is -0.186. The topological polar surface area (TPSA) is 81.2 Å². The van der Waals surface area contributed by atoms with Crippen LogP contribution in [-0.2, 0) is 13.0 Å². The lowest BCUT2D eigenvalue weighted by Crippen LogP contribution is -2.29. The number of carbonyl (C=O) groups is 2. The van der Waals surface area contributed by atoms with E-state index in [1.165, 1.54) is 0 Å². The number of hydrogen-bond acceptors (Lipinski definition) is 4. The predicted molar refractivity (Wildman–Crippen MR) is 112 cm³/mol. The van der Waals surface area contributed by atoms with Crippen molar-refractivity contribution in [3.05, 3.63) is 64.4 Å². The molecule has 0 saturated carbocycles. The monoisotopic (exact) mass is 406 g/mol. The first-order chi connectivity index (χ1) is 14.0. The summed E-state index contributed by atoms with van der Waals surface area (Å²) in [7, 11) is 0. The van der Waals surface area contributed by atoms with Crippen LogP contribution in [-0.4, -0.2) is 28.0 Å². The summed E-state index contributed by atoms with van der Waals surface area (Å²) in [6, 6.07) is 13.1. The fourth-order valence-electron chi connectivity index (χ4n) is 4.23. The minimum absolute atomic E-state index is 0.0446. The quantitative estimate of drug-likeness (QED) is 0.653. The van der Waals surface area contributed by atoms with E-state index >= 15 is 0 Å². The molecule has 3 heterocycles. The van der Waals surface area contributed by atoms with E-state index in [0.717, 1.165) is 35.2 Å². The molecule has 0 bridgehead atoms. The first kappa shape index (κ1) is 17.9. The van der Waals surface area contributed by atoms with Crippen LogP contribution in [0, 0.1) is 0 Å². The molecule has 0 fully saturated rings. The van der Waals surface area contributed by atoms with Crippen LogP contribution in [0.5, 0.6) is 0 Å². The number of hydrogen-bond donors (Lipinski definition) is 1. The molecule has 29 heavy (non-hydrogen) atoms. The third-order valence-corrected chi connectivity index (χ3v) is 6.07. The van der Waals surface area contributed by atoms with Crippen LogP contribution < -0.4 is 10.6 Å². The summed E-state index contributed by atoms with van der Waals surface area (Å²) < 4.78 is 1.65. The summed E-state index contributed by atoms with van der Waals surface area (Å²) in [5, 5.41) is 4.91. The third-order valence-electron chi connectivity index (χ3n) is 5.65. The van der Waals surface area contributed by atoms with Gasteiger partial charge >= 0.3 is 0 Å². The van der Waals surface area contributed by atoms with Crippen molar-refractivity contribution in [1.82, 2.24) is 9.78 Å². The summed E-state index contributed by atoms with van der Waals surface area (Å²) in [5.74, 6) is -0.141. The van der Waals surface area contributed by atoms with Crippen molar-refractivity contribution >= 4 is 34.7 Å². The Balaban J connectivity index is 1.53. The lowest BCUT2D eigenvalue weighted by molar-refractivity contribution is 0.0948. The average molecular weight is 407 g/mol. The number of carbonyl (C=O) groups excluding carboxylic acids is 2. The fraction of sp³-hybridized carbons (Fsp3) is 0.227. The maximum atomic E-state index is 13.2. The van der Waals surface area contributed by atoms with E-state index in [1.807, 2.05) is 30.3 Å². The summed E-state index contributed by atoms with van der Waals surface area (Å²) in [4.78, 5) is 27.0. The van der Waals surface area contributed by atoms with Crippen LogP contribution in [0.15, 0.2) is 42.5 Å². The average Bonchev–Trinajstić information content (AvgIpc) is 3.35. The Morgan fingerprint density at radius 1 is 1.07 bits per heavy atom. The maximum Gasteiger partial charge on any atom is 0.278 e. The number of nitrogens with zero attached hydrogens (tertiary/aromatic N) is 3. The van der Waals surface area contributed by atoms with Gasteiger partial charge in [0.25, 0.3) is 5.91 Å². The minimum Gasteiger partial charge on any atom is -0.398 e. The Morgan fingerprint density at radius 2 is 1.86 bits per heavy atom. The molecule has 2 N–H and O–H groups in total. The highest BCUT2D eigenvalue weighted by molar-refractivity contribution is 6.36. The molecule has 146 valence electrons. The second-order valence-electron chi connectivity index (χ2n) is 7.38. The zero-order chi connectivity index (χ0) is 20.1. The molecule has 1 aromatic heterocycles.